The third kappa shape index (κ3) is 4.10. The Morgan fingerprint density at radius 2 is 1.76 bits per heavy atom. The lowest BCUT2D eigenvalue weighted by Crippen LogP contribution is -2.30. The quantitative estimate of drug-likeness (QED) is 0.877. The van der Waals surface area contributed by atoms with Crippen LogP contribution in [0.2, 0.25) is 0 Å². The maximum Gasteiger partial charge on any atom is 0.339 e. The highest BCUT2D eigenvalue weighted by atomic mass is 19.1. The van der Waals surface area contributed by atoms with Crippen LogP contribution >= 0.6 is 0 Å². The van der Waals surface area contributed by atoms with Gasteiger partial charge in [-0.2, -0.15) is 0 Å². The first-order chi connectivity index (χ1) is 10.1. The highest BCUT2D eigenvalue weighted by Crippen LogP contribution is 2.10. The Hall–Kier alpha value is -2.76. The minimum absolute atomic E-state index is 0.312. The number of nitrogens with one attached hydrogen (secondary N) is 1. The number of carbonyl (C=O) groups is 2. The average Bonchev–Trinajstić information content (AvgIpc) is 2.50. The Bertz CT molecular complexity index is 629. The molecule has 1 N–H and O–H groups in total. The van der Waals surface area contributed by atoms with E-state index in [2.05, 4.69) is 10.3 Å². The van der Waals surface area contributed by atoms with Crippen molar-refractivity contribution in [1.29, 1.82) is 0 Å². The number of esters is 1. The monoisotopic (exact) mass is 288 g/mol. The van der Waals surface area contributed by atoms with Crippen LogP contribution in [0.1, 0.15) is 17.3 Å². The molecule has 1 aromatic heterocycles. The van der Waals surface area contributed by atoms with Gasteiger partial charge >= 0.3 is 5.97 Å². The van der Waals surface area contributed by atoms with Gasteiger partial charge in [-0.15, -0.1) is 0 Å². The highest BCUT2D eigenvalue weighted by molar-refractivity contribution is 5.97. The number of rotatable bonds is 4. The van der Waals surface area contributed by atoms with E-state index in [0.717, 1.165) is 0 Å². The number of aromatic nitrogens is 1. The van der Waals surface area contributed by atoms with Crippen molar-refractivity contribution in [2.45, 2.75) is 13.0 Å². The number of anilines is 1. The zero-order valence-corrected chi connectivity index (χ0v) is 11.2. The molecule has 0 saturated heterocycles. The summed E-state index contributed by atoms with van der Waals surface area (Å²) >= 11 is 0. The Kier molecular flexibility index (Phi) is 4.61. The van der Waals surface area contributed by atoms with E-state index in [0.29, 0.717) is 11.3 Å². The molecule has 0 aliphatic rings. The third-order valence-corrected chi connectivity index (χ3v) is 2.68. The van der Waals surface area contributed by atoms with Crippen molar-refractivity contribution in [2.24, 2.45) is 0 Å². The molecule has 2 rings (SSSR count). The summed E-state index contributed by atoms with van der Waals surface area (Å²) in [5.41, 5.74) is 0.736. The molecule has 0 saturated carbocycles. The number of halogens is 1. The number of hydrogen-bond acceptors (Lipinski definition) is 4. The second kappa shape index (κ2) is 6.60. The van der Waals surface area contributed by atoms with Crippen molar-refractivity contribution >= 4 is 17.6 Å². The molecule has 1 amide bonds. The van der Waals surface area contributed by atoms with Crippen LogP contribution in [-0.4, -0.2) is 23.0 Å². The molecule has 2 aromatic rings. The van der Waals surface area contributed by atoms with E-state index in [4.69, 9.17) is 4.74 Å². The van der Waals surface area contributed by atoms with E-state index in [9.17, 15) is 14.0 Å². The van der Waals surface area contributed by atoms with Crippen molar-refractivity contribution in [3.05, 3.63) is 60.2 Å². The number of amides is 1. The van der Waals surface area contributed by atoms with Gasteiger partial charge in [0.15, 0.2) is 6.10 Å². The summed E-state index contributed by atoms with van der Waals surface area (Å²) in [6.45, 7) is 1.46. The van der Waals surface area contributed by atoms with E-state index in [-0.39, 0.29) is 0 Å². The number of nitrogens with zero attached hydrogens (tertiary/aromatic N) is 1. The smallest absolute Gasteiger partial charge is 0.339 e. The van der Waals surface area contributed by atoms with Gasteiger partial charge in [-0.25, -0.2) is 9.18 Å². The average molecular weight is 288 g/mol. The molecule has 0 aliphatic carbocycles. The van der Waals surface area contributed by atoms with Gasteiger partial charge in [-0.3, -0.25) is 9.78 Å². The fourth-order valence-electron chi connectivity index (χ4n) is 1.55. The zero-order chi connectivity index (χ0) is 15.2. The van der Waals surface area contributed by atoms with Crippen LogP contribution in [-0.2, 0) is 9.53 Å². The summed E-state index contributed by atoms with van der Waals surface area (Å²) in [5.74, 6) is -1.51. The first-order valence-corrected chi connectivity index (χ1v) is 6.23. The van der Waals surface area contributed by atoms with Gasteiger partial charge in [0.25, 0.3) is 5.91 Å². The van der Waals surface area contributed by atoms with Crippen molar-refractivity contribution in [1.82, 2.24) is 4.98 Å². The van der Waals surface area contributed by atoms with Gasteiger partial charge in [-0.05, 0) is 43.3 Å². The maximum absolute atomic E-state index is 12.8. The van der Waals surface area contributed by atoms with Crippen LogP contribution in [0, 0.1) is 5.82 Å². The molecular formula is C15H13FN2O3. The number of pyridine rings is 1. The molecule has 0 aliphatic heterocycles. The first-order valence-electron chi connectivity index (χ1n) is 6.23. The molecule has 0 spiro atoms. The Balaban J connectivity index is 1.93. The summed E-state index contributed by atoms with van der Waals surface area (Å²) in [4.78, 5) is 27.4. The fraction of sp³-hybridized carbons (Fsp3) is 0.133. The van der Waals surface area contributed by atoms with E-state index >= 15 is 0 Å². The molecular weight excluding hydrogens is 275 g/mol. The largest absolute Gasteiger partial charge is 0.449 e. The molecule has 21 heavy (non-hydrogen) atoms. The zero-order valence-electron chi connectivity index (χ0n) is 11.2. The van der Waals surface area contributed by atoms with E-state index in [1.165, 1.54) is 55.7 Å². The molecule has 1 aromatic carbocycles. The summed E-state index contributed by atoms with van der Waals surface area (Å²) < 4.78 is 17.8. The van der Waals surface area contributed by atoms with Crippen LogP contribution in [0.4, 0.5) is 10.1 Å². The highest BCUT2D eigenvalue weighted by Gasteiger charge is 2.18. The van der Waals surface area contributed by atoms with Crippen LogP contribution in [0.3, 0.4) is 0 Å². The summed E-state index contributed by atoms with van der Waals surface area (Å²) in [6, 6.07) is 8.28. The van der Waals surface area contributed by atoms with Crippen molar-refractivity contribution in [3.8, 4) is 0 Å². The normalized spacial score (nSPS) is 11.5. The molecule has 0 radical (unpaired) electrons. The van der Waals surface area contributed by atoms with Crippen LogP contribution in [0.5, 0.6) is 0 Å². The van der Waals surface area contributed by atoms with E-state index in [1.807, 2.05) is 0 Å². The van der Waals surface area contributed by atoms with Gasteiger partial charge in [0.2, 0.25) is 0 Å². The van der Waals surface area contributed by atoms with Gasteiger partial charge in [0.1, 0.15) is 5.82 Å². The van der Waals surface area contributed by atoms with E-state index in [1.54, 1.807) is 0 Å². The molecule has 1 heterocycles. The molecule has 1 atom stereocenters. The van der Waals surface area contributed by atoms with Crippen molar-refractivity contribution in [3.63, 3.8) is 0 Å². The molecule has 5 nitrogen and oxygen atoms in total. The Morgan fingerprint density at radius 1 is 1.14 bits per heavy atom. The minimum atomic E-state index is -0.976. The topological polar surface area (TPSA) is 68.3 Å². The van der Waals surface area contributed by atoms with Crippen LogP contribution in [0.15, 0.2) is 48.8 Å². The molecule has 1 unspecified atom stereocenters. The summed E-state index contributed by atoms with van der Waals surface area (Å²) in [6.07, 6.45) is 1.94. The predicted molar refractivity (Wildman–Crippen MR) is 74.1 cm³/mol. The van der Waals surface area contributed by atoms with Crippen LogP contribution in [0.25, 0.3) is 0 Å². The SMILES string of the molecule is CC(OC(=O)c1ccncc1)C(=O)Nc1ccc(F)cc1. The lowest BCUT2D eigenvalue weighted by molar-refractivity contribution is -0.123. The minimum Gasteiger partial charge on any atom is -0.449 e. The number of ether oxygens (including phenoxy) is 1. The van der Waals surface area contributed by atoms with Gasteiger partial charge in [0, 0.05) is 18.1 Å². The second-order valence-electron chi connectivity index (χ2n) is 4.28. The Morgan fingerprint density at radius 3 is 2.38 bits per heavy atom. The van der Waals surface area contributed by atoms with E-state index < -0.39 is 23.8 Å². The molecule has 6 heteroatoms. The maximum atomic E-state index is 12.8. The first kappa shape index (κ1) is 14.6. The molecule has 0 bridgehead atoms. The second-order valence-corrected chi connectivity index (χ2v) is 4.28. The number of hydrogen-bond donors (Lipinski definition) is 1. The van der Waals surface area contributed by atoms with Gasteiger partial charge in [0.05, 0.1) is 5.56 Å². The molecule has 0 fully saturated rings. The Labute approximate surface area is 120 Å². The van der Waals surface area contributed by atoms with Crippen molar-refractivity contribution < 1.29 is 18.7 Å². The number of carbonyl (C=O) groups excluding carboxylic acids is 2. The summed E-state index contributed by atoms with van der Waals surface area (Å²) in [7, 11) is 0. The lowest BCUT2D eigenvalue weighted by Gasteiger charge is -2.13. The fourth-order valence-corrected chi connectivity index (χ4v) is 1.55. The van der Waals surface area contributed by atoms with Gasteiger partial charge < -0.3 is 10.1 Å². The number of benzene rings is 1. The molecule has 108 valence electrons. The van der Waals surface area contributed by atoms with Gasteiger partial charge in [-0.1, -0.05) is 0 Å². The summed E-state index contributed by atoms with van der Waals surface area (Å²) in [5, 5.41) is 2.53. The van der Waals surface area contributed by atoms with Crippen molar-refractivity contribution in [2.75, 3.05) is 5.32 Å². The lowest BCUT2D eigenvalue weighted by atomic mass is 10.2. The van der Waals surface area contributed by atoms with Crippen LogP contribution < -0.4 is 5.32 Å². The standard InChI is InChI=1S/C15H13FN2O3/c1-10(21-15(20)11-6-8-17-9-7-11)14(19)18-13-4-2-12(16)3-5-13/h2-10H,1H3,(H,18,19). The third-order valence-electron chi connectivity index (χ3n) is 2.68. The predicted octanol–water partition coefficient (Wildman–Crippen LogP) is 2.40.